The molecule has 0 aliphatic carbocycles. The van der Waals surface area contributed by atoms with Crippen LogP contribution in [0.2, 0.25) is 0 Å². The predicted molar refractivity (Wildman–Crippen MR) is 208 cm³/mol. The molecule has 8 aromatic carbocycles. The summed E-state index contributed by atoms with van der Waals surface area (Å²) in [6.45, 7) is 0. The van der Waals surface area contributed by atoms with Crippen molar-refractivity contribution in [3.63, 3.8) is 0 Å². The maximum Gasteiger partial charge on any atom is 0.0540 e. The van der Waals surface area contributed by atoms with Crippen molar-refractivity contribution >= 4 is 17.1 Å². The van der Waals surface area contributed by atoms with Gasteiger partial charge >= 0.3 is 0 Å². The molecule has 8 rings (SSSR count). The highest BCUT2D eigenvalue weighted by Gasteiger charge is 2.24. The van der Waals surface area contributed by atoms with Crippen molar-refractivity contribution in [1.29, 1.82) is 0 Å². The van der Waals surface area contributed by atoms with Gasteiger partial charge in [-0.15, -0.1) is 0 Å². The van der Waals surface area contributed by atoms with Gasteiger partial charge < -0.3 is 4.90 Å². The standard InChI is InChI=1S/C48H35N/c1-6-18-36(19-7-1)41-30-32-47(44(34-41)39-24-12-4-13-25-39)49(46-29-17-16-28-43(46)38-22-10-3-11-23-38)48-33-31-42(37-20-8-2-9-21-37)35-45(48)40-26-14-5-15-27-40/h1-35H. The fourth-order valence-corrected chi connectivity index (χ4v) is 6.70. The Morgan fingerprint density at radius 1 is 0.204 bits per heavy atom. The van der Waals surface area contributed by atoms with Crippen LogP contribution in [0, 0.1) is 0 Å². The second-order valence-electron chi connectivity index (χ2n) is 12.1. The largest absolute Gasteiger partial charge is 0.309 e. The molecule has 0 aliphatic rings. The molecular formula is C48H35N. The first-order valence-electron chi connectivity index (χ1n) is 16.8. The molecular weight excluding hydrogens is 591 g/mol. The third kappa shape index (κ3) is 6.18. The van der Waals surface area contributed by atoms with E-state index < -0.39 is 0 Å². The maximum absolute atomic E-state index is 2.47. The van der Waals surface area contributed by atoms with Crippen LogP contribution in [0.25, 0.3) is 55.6 Å². The van der Waals surface area contributed by atoms with Crippen molar-refractivity contribution in [2.75, 3.05) is 4.90 Å². The summed E-state index contributed by atoms with van der Waals surface area (Å²) in [5, 5.41) is 0. The Bertz CT molecular complexity index is 2170. The molecule has 0 atom stereocenters. The Hall–Kier alpha value is -6.44. The molecule has 1 heteroatoms. The number of anilines is 3. The minimum Gasteiger partial charge on any atom is -0.309 e. The molecule has 8 aromatic rings. The average molecular weight is 626 g/mol. The lowest BCUT2D eigenvalue weighted by Crippen LogP contribution is -2.14. The van der Waals surface area contributed by atoms with E-state index in [4.69, 9.17) is 0 Å². The van der Waals surface area contributed by atoms with Gasteiger partial charge in [-0.1, -0.05) is 182 Å². The van der Waals surface area contributed by atoms with Crippen LogP contribution in [0.1, 0.15) is 0 Å². The molecule has 0 heterocycles. The van der Waals surface area contributed by atoms with E-state index in [1.807, 2.05) is 0 Å². The van der Waals surface area contributed by atoms with Gasteiger partial charge in [-0.2, -0.15) is 0 Å². The van der Waals surface area contributed by atoms with E-state index in [-0.39, 0.29) is 0 Å². The Kier molecular flexibility index (Phi) is 8.39. The van der Waals surface area contributed by atoms with Gasteiger partial charge in [0.15, 0.2) is 0 Å². The molecule has 0 spiro atoms. The molecule has 0 fully saturated rings. The molecule has 0 unspecified atom stereocenters. The van der Waals surface area contributed by atoms with Crippen LogP contribution in [0.4, 0.5) is 17.1 Å². The van der Waals surface area contributed by atoms with E-state index in [0.29, 0.717) is 0 Å². The Balaban J connectivity index is 1.44. The second kappa shape index (κ2) is 13.7. The zero-order chi connectivity index (χ0) is 32.8. The molecule has 0 aliphatic heterocycles. The lowest BCUT2D eigenvalue weighted by atomic mass is 9.93. The summed E-state index contributed by atoms with van der Waals surface area (Å²) in [6.07, 6.45) is 0. The summed E-state index contributed by atoms with van der Waals surface area (Å²) >= 11 is 0. The minimum atomic E-state index is 1.11. The van der Waals surface area contributed by atoms with Crippen molar-refractivity contribution in [2.24, 2.45) is 0 Å². The zero-order valence-electron chi connectivity index (χ0n) is 27.2. The number of para-hydroxylation sites is 1. The lowest BCUT2D eigenvalue weighted by molar-refractivity contribution is 1.28. The summed E-state index contributed by atoms with van der Waals surface area (Å²) in [4.78, 5) is 2.47. The van der Waals surface area contributed by atoms with Crippen LogP contribution in [0.5, 0.6) is 0 Å². The van der Waals surface area contributed by atoms with E-state index in [2.05, 4.69) is 217 Å². The first-order chi connectivity index (χ1) is 24.3. The molecule has 0 bridgehead atoms. The van der Waals surface area contributed by atoms with E-state index in [0.717, 1.165) is 28.2 Å². The topological polar surface area (TPSA) is 3.24 Å². The summed E-state index contributed by atoms with van der Waals surface area (Å²) < 4.78 is 0. The third-order valence-corrected chi connectivity index (χ3v) is 9.09. The first-order valence-corrected chi connectivity index (χ1v) is 16.8. The number of rotatable bonds is 8. The van der Waals surface area contributed by atoms with Gasteiger partial charge in [-0.25, -0.2) is 0 Å². The molecule has 0 saturated heterocycles. The van der Waals surface area contributed by atoms with Crippen LogP contribution < -0.4 is 4.90 Å². The maximum atomic E-state index is 2.47. The lowest BCUT2D eigenvalue weighted by Gasteiger charge is -2.32. The molecule has 0 amide bonds. The molecule has 1 nitrogen and oxygen atoms in total. The van der Waals surface area contributed by atoms with Crippen LogP contribution in [-0.4, -0.2) is 0 Å². The Morgan fingerprint density at radius 2 is 0.510 bits per heavy atom. The summed E-state index contributed by atoms with van der Waals surface area (Å²) in [5.74, 6) is 0. The van der Waals surface area contributed by atoms with Gasteiger partial charge in [-0.05, 0) is 69.3 Å². The fraction of sp³-hybridized carbons (Fsp3) is 0. The van der Waals surface area contributed by atoms with Crippen molar-refractivity contribution in [3.8, 4) is 55.6 Å². The fourth-order valence-electron chi connectivity index (χ4n) is 6.70. The molecule has 0 N–H and O–H groups in total. The molecule has 0 saturated carbocycles. The molecule has 49 heavy (non-hydrogen) atoms. The molecule has 0 aromatic heterocycles. The van der Waals surface area contributed by atoms with Crippen LogP contribution in [0.15, 0.2) is 212 Å². The van der Waals surface area contributed by atoms with Gasteiger partial charge in [0, 0.05) is 16.7 Å². The SMILES string of the molecule is c1ccc(-c2ccc(N(c3ccccc3-c3ccccc3)c3ccc(-c4ccccc4)cc3-c3ccccc3)c(-c3ccccc3)c2)cc1. The smallest absolute Gasteiger partial charge is 0.0540 e. The number of benzene rings is 8. The minimum absolute atomic E-state index is 1.11. The normalized spacial score (nSPS) is 10.9. The van der Waals surface area contributed by atoms with Gasteiger partial charge in [-0.3, -0.25) is 0 Å². The predicted octanol–water partition coefficient (Wildman–Crippen LogP) is 13.5. The van der Waals surface area contributed by atoms with E-state index in [1.54, 1.807) is 0 Å². The highest BCUT2D eigenvalue weighted by atomic mass is 15.1. The van der Waals surface area contributed by atoms with Gasteiger partial charge in [0.05, 0.1) is 17.1 Å². The van der Waals surface area contributed by atoms with Gasteiger partial charge in [0.1, 0.15) is 0 Å². The monoisotopic (exact) mass is 625 g/mol. The Morgan fingerprint density at radius 3 is 0.918 bits per heavy atom. The average Bonchev–Trinajstić information content (AvgIpc) is 3.20. The van der Waals surface area contributed by atoms with E-state index in [1.165, 1.54) is 44.5 Å². The highest BCUT2D eigenvalue weighted by Crippen LogP contribution is 2.49. The molecule has 232 valence electrons. The van der Waals surface area contributed by atoms with Crippen molar-refractivity contribution in [3.05, 3.63) is 212 Å². The highest BCUT2D eigenvalue weighted by molar-refractivity contribution is 5.99. The summed E-state index contributed by atoms with van der Waals surface area (Å²) in [7, 11) is 0. The van der Waals surface area contributed by atoms with E-state index >= 15 is 0 Å². The number of nitrogens with zero attached hydrogens (tertiary/aromatic N) is 1. The Labute approximate surface area is 289 Å². The summed E-state index contributed by atoms with van der Waals surface area (Å²) in [6, 6.07) is 76.1. The van der Waals surface area contributed by atoms with E-state index in [9.17, 15) is 0 Å². The quantitative estimate of drug-likeness (QED) is 0.162. The van der Waals surface area contributed by atoms with Gasteiger partial charge in [0.25, 0.3) is 0 Å². The van der Waals surface area contributed by atoms with Crippen LogP contribution >= 0.6 is 0 Å². The third-order valence-electron chi connectivity index (χ3n) is 9.09. The van der Waals surface area contributed by atoms with Crippen molar-refractivity contribution < 1.29 is 0 Å². The number of hydrogen-bond donors (Lipinski definition) is 0. The number of hydrogen-bond acceptors (Lipinski definition) is 1. The van der Waals surface area contributed by atoms with Crippen molar-refractivity contribution in [2.45, 2.75) is 0 Å². The second-order valence-corrected chi connectivity index (χ2v) is 12.1. The summed E-state index contributed by atoms with van der Waals surface area (Å²) in [5.41, 5.74) is 15.1. The molecule has 0 radical (unpaired) electrons. The van der Waals surface area contributed by atoms with Crippen LogP contribution in [0.3, 0.4) is 0 Å². The van der Waals surface area contributed by atoms with Crippen molar-refractivity contribution in [1.82, 2.24) is 0 Å². The first kappa shape index (κ1) is 29.9. The van der Waals surface area contributed by atoms with Gasteiger partial charge in [0.2, 0.25) is 0 Å². The van der Waals surface area contributed by atoms with Crippen LogP contribution in [-0.2, 0) is 0 Å². The zero-order valence-corrected chi connectivity index (χ0v) is 27.2.